The summed E-state index contributed by atoms with van der Waals surface area (Å²) < 4.78 is 37.8. The fraction of sp³-hybridized carbons (Fsp3) is 1.00. The molecule has 0 radical (unpaired) electrons. The van der Waals surface area contributed by atoms with Crippen LogP contribution in [0.5, 0.6) is 0 Å². The summed E-state index contributed by atoms with van der Waals surface area (Å²) in [6.45, 7) is 11.4. The van der Waals surface area contributed by atoms with Crippen LogP contribution in [0.3, 0.4) is 0 Å². The normalized spacial score (nSPS) is 10.4. The summed E-state index contributed by atoms with van der Waals surface area (Å²) >= 11 is 0. The Morgan fingerprint density at radius 1 is 0.778 bits per heavy atom. The fourth-order valence-corrected chi connectivity index (χ4v) is 2.29. The number of unbranched alkanes of at least 4 members (excludes halogenated alkanes) is 9. The molecule has 7 nitrogen and oxygen atoms in total. The second kappa shape index (κ2) is 28.0. The molecule has 8 heteroatoms. The van der Waals surface area contributed by atoms with E-state index in [0.29, 0.717) is 6.42 Å². The van der Waals surface area contributed by atoms with Crippen LogP contribution in [-0.4, -0.2) is 44.0 Å². The lowest BCUT2D eigenvalue weighted by atomic mass is 10.1. The Bertz CT molecular complexity index is 332. The van der Waals surface area contributed by atoms with E-state index in [0.717, 1.165) is 26.1 Å². The smallest absolute Gasteiger partial charge is 0.394 e. The molecule has 0 aliphatic carbocycles. The van der Waals surface area contributed by atoms with Gasteiger partial charge in [0.25, 0.3) is 0 Å². The Balaban J connectivity index is -0.000000220. The topological polar surface area (TPSA) is 128 Å². The lowest BCUT2D eigenvalue weighted by Crippen LogP contribution is -2.04. The van der Waals surface area contributed by atoms with Crippen LogP contribution in [0, 0.1) is 0 Å². The Kier molecular flexibility index (Phi) is 35.5. The maximum Gasteiger partial charge on any atom is 0.397 e. The predicted octanol–water partition coefficient (Wildman–Crippen LogP) is 5.32. The Morgan fingerprint density at radius 2 is 1.11 bits per heavy atom. The molecule has 0 fully saturated rings. The summed E-state index contributed by atoms with van der Waals surface area (Å²) in [5.74, 6) is 0. The van der Waals surface area contributed by atoms with Crippen molar-refractivity contribution >= 4 is 10.4 Å². The first kappa shape index (κ1) is 34.3. The minimum absolute atomic E-state index is 0. The van der Waals surface area contributed by atoms with Gasteiger partial charge in [0.2, 0.25) is 0 Å². The van der Waals surface area contributed by atoms with Crippen molar-refractivity contribution in [3.8, 4) is 0 Å². The van der Waals surface area contributed by atoms with E-state index in [1.54, 1.807) is 13.8 Å². The molecule has 0 unspecified atom stereocenters. The van der Waals surface area contributed by atoms with Crippen molar-refractivity contribution in [2.24, 2.45) is 0 Å². The zero-order chi connectivity index (χ0) is 20.7. The lowest BCUT2D eigenvalue weighted by Gasteiger charge is -2.02. The number of hydrogen-bond acceptors (Lipinski definition) is 6. The van der Waals surface area contributed by atoms with Crippen molar-refractivity contribution in [2.75, 3.05) is 19.8 Å². The van der Waals surface area contributed by atoms with Crippen LogP contribution in [0.15, 0.2) is 0 Å². The summed E-state index contributed by atoms with van der Waals surface area (Å²) in [7, 11) is -4.23. The molecule has 0 saturated carbocycles. The fourth-order valence-electron chi connectivity index (χ4n) is 1.96. The number of aliphatic hydroxyl groups is 1. The van der Waals surface area contributed by atoms with Crippen molar-refractivity contribution < 1.29 is 27.0 Å². The van der Waals surface area contributed by atoms with Crippen molar-refractivity contribution in [2.45, 2.75) is 105 Å². The third kappa shape index (κ3) is 58.6. The molecule has 0 aromatic rings. The van der Waals surface area contributed by atoms with Gasteiger partial charge in [-0.05, 0) is 34.1 Å². The SMILES string of the molecule is CC(C)O.CCCCCCCCCCCCOS(=O)(=O)O.CCOCC.N. The number of rotatable bonds is 14. The van der Waals surface area contributed by atoms with Gasteiger partial charge in [0.1, 0.15) is 0 Å². The molecule has 0 rings (SSSR count). The first-order valence-electron chi connectivity index (χ1n) is 10.1. The quantitative estimate of drug-likeness (QED) is 0.258. The van der Waals surface area contributed by atoms with Crippen LogP contribution >= 0.6 is 0 Å². The lowest BCUT2D eigenvalue weighted by molar-refractivity contribution is 0.162. The minimum atomic E-state index is -4.23. The molecular weight excluding hydrogens is 370 g/mol. The molecule has 0 spiro atoms. The van der Waals surface area contributed by atoms with Gasteiger partial charge in [0.05, 0.1) is 6.61 Å². The van der Waals surface area contributed by atoms with Crippen LogP contribution in [-0.2, 0) is 19.3 Å². The van der Waals surface area contributed by atoms with Gasteiger partial charge in [-0.1, -0.05) is 64.7 Å². The highest BCUT2D eigenvalue weighted by Gasteiger charge is 2.02. The summed E-state index contributed by atoms with van der Waals surface area (Å²) in [5, 5.41) is 8.06. The summed E-state index contributed by atoms with van der Waals surface area (Å²) in [5.41, 5.74) is 0. The molecular formula is C19H47NO6S. The number of hydrogen-bond donors (Lipinski definition) is 3. The first-order valence-corrected chi connectivity index (χ1v) is 11.4. The van der Waals surface area contributed by atoms with Gasteiger partial charge in [-0.25, -0.2) is 4.18 Å². The van der Waals surface area contributed by atoms with Crippen molar-refractivity contribution in [1.82, 2.24) is 6.15 Å². The van der Waals surface area contributed by atoms with Gasteiger partial charge in [0, 0.05) is 19.3 Å². The van der Waals surface area contributed by atoms with Gasteiger partial charge in [0.15, 0.2) is 0 Å². The Morgan fingerprint density at radius 3 is 1.37 bits per heavy atom. The molecule has 0 aliphatic heterocycles. The van der Waals surface area contributed by atoms with Crippen LogP contribution in [0.2, 0.25) is 0 Å². The van der Waals surface area contributed by atoms with Crippen LogP contribution < -0.4 is 6.15 Å². The molecule has 0 heterocycles. The van der Waals surface area contributed by atoms with Gasteiger partial charge >= 0.3 is 10.4 Å². The van der Waals surface area contributed by atoms with E-state index in [1.165, 1.54) is 44.9 Å². The molecule has 0 aromatic heterocycles. The van der Waals surface area contributed by atoms with Gasteiger partial charge in [-0.3, -0.25) is 4.55 Å². The van der Waals surface area contributed by atoms with Crippen LogP contribution in [0.25, 0.3) is 0 Å². The van der Waals surface area contributed by atoms with E-state index in [4.69, 9.17) is 14.4 Å². The van der Waals surface area contributed by atoms with E-state index in [9.17, 15) is 8.42 Å². The van der Waals surface area contributed by atoms with E-state index in [1.807, 2.05) is 13.8 Å². The summed E-state index contributed by atoms with van der Waals surface area (Å²) in [4.78, 5) is 0. The standard InChI is InChI=1S/C12H26O4S.C4H10O.C3H8O.H3N/c1-2-3-4-5-6-7-8-9-10-11-12-16-17(13,14)15;1-3-5-4-2;1-3(2)4;/h2-12H2,1H3,(H,13,14,15);3-4H2,1-2H3;3-4H,1-2H3;1H3. The molecule has 0 atom stereocenters. The van der Waals surface area contributed by atoms with Gasteiger partial charge < -0.3 is 16.0 Å². The van der Waals surface area contributed by atoms with E-state index >= 15 is 0 Å². The van der Waals surface area contributed by atoms with Gasteiger partial charge in [-0.15, -0.1) is 0 Å². The van der Waals surface area contributed by atoms with Gasteiger partial charge in [-0.2, -0.15) is 8.42 Å². The molecule has 170 valence electrons. The average molecular weight is 418 g/mol. The highest BCUT2D eigenvalue weighted by molar-refractivity contribution is 7.80. The molecule has 0 bridgehead atoms. The van der Waals surface area contributed by atoms with E-state index in [-0.39, 0.29) is 18.9 Å². The molecule has 27 heavy (non-hydrogen) atoms. The third-order valence-corrected chi connectivity index (χ3v) is 3.60. The molecule has 0 aliphatic rings. The second-order valence-electron chi connectivity index (χ2n) is 6.31. The van der Waals surface area contributed by atoms with Crippen molar-refractivity contribution in [1.29, 1.82) is 0 Å². The highest BCUT2D eigenvalue weighted by Crippen LogP contribution is 2.10. The minimum Gasteiger partial charge on any atom is -0.394 e. The largest absolute Gasteiger partial charge is 0.397 e. The summed E-state index contributed by atoms with van der Waals surface area (Å²) in [6.07, 6.45) is 11.7. The van der Waals surface area contributed by atoms with Crippen LogP contribution in [0.4, 0.5) is 0 Å². The predicted molar refractivity (Wildman–Crippen MR) is 114 cm³/mol. The van der Waals surface area contributed by atoms with Crippen molar-refractivity contribution in [3.63, 3.8) is 0 Å². The number of aliphatic hydroxyl groups excluding tert-OH is 1. The van der Waals surface area contributed by atoms with E-state index < -0.39 is 10.4 Å². The highest BCUT2D eigenvalue weighted by atomic mass is 32.3. The maximum absolute atomic E-state index is 10.2. The first-order chi connectivity index (χ1) is 12.2. The Labute approximate surface area is 168 Å². The monoisotopic (exact) mass is 417 g/mol. The van der Waals surface area contributed by atoms with E-state index in [2.05, 4.69) is 11.1 Å². The average Bonchev–Trinajstić information content (AvgIpc) is 2.52. The molecule has 5 N–H and O–H groups in total. The third-order valence-electron chi connectivity index (χ3n) is 3.14. The molecule has 0 aromatic carbocycles. The number of ether oxygens (including phenoxy) is 1. The zero-order valence-electron chi connectivity index (χ0n) is 18.4. The molecule has 0 saturated heterocycles. The maximum atomic E-state index is 10.2. The van der Waals surface area contributed by atoms with Crippen LogP contribution in [0.1, 0.15) is 98.8 Å². The summed E-state index contributed by atoms with van der Waals surface area (Å²) in [6, 6.07) is 0. The second-order valence-corrected chi connectivity index (χ2v) is 7.40. The van der Waals surface area contributed by atoms with Crippen molar-refractivity contribution in [3.05, 3.63) is 0 Å². The Hall–Kier alpha value is -0.250. The zero-order valence-corrected chi connectivity index (χ0v) is 19.2. The molecule has 0 amide bonds.